The van der Waals surface area contributed by atoms with E-state index in [2.05, 4.69) is 86.9 Å². The van der Waals surface area contributed by atoms with Crippen LogP contribution in [0.2, 0.25) is 0 Å². The van der Waals surface area contributed by atoms with Crippen LogP contribution in [-0.4, -0.2) is 40.1 Å². The number of hydrogen-bond acceptors (Lipinski definition) is 3. The van der Waals surface area contributed by atoms with Gasteiger partial charge >= 0.3 is 42.4 Å². The molecule has 2 aromatic heterocycles. The summed E-state index contributed by atoms with van der Waals surface area (Å²) < 4.78 is 3.34. The van der Waals surface area contributed by atoms with Gasteiger partial charge in [0.25, 0.3) is 0 Å². The number of fused-ring (bicyclic) bond motifs is 2. The molecule has 0 aliphatic carbocycles. The predicted octanol–water partition coefficient (Wildman–Crippen LogP) is 7.09. The van der Waals surface area contributed by atoms with Crippen LogP contribution in [-0.2, 0) is 20.7 Å². The summed E-state index contributed by atoms with van der Waals surface area (Å²) in [6.07, 6.45) is 1.84. The number of pyridine rings is 1. The Hall–Kier alpha value is -0.682. The molecule has 0 saturated carbocycles. The Morgan fingerprint density at radius 1 is 1.07 bits per heavy atom. The van der Waals surface area contributed by atoms with Crippen molar-refractivity contribution in [2.75, 3.05) is 20.6 Å². The molecule has 0 saturated heterocycles. The number of aromatic nitrogens is 3. The Kier molecular flexibility index (Phi) is 10.1. The van der Waals surface area contributed by atoms with Crippen molar-refractivity contribution < 1.29 is 14.2 Å². The quantitative estimate of drug-likeness (QED) is 0.212. The first-order chi connectivity index (χ1) is 13.9. The van der Waals surface area contributed by atoms with Gasteiger partial charge < -0.3 is 16.9 Å². The first kappa shape index (κ1) is 25.6. The van der Waals surface area contributed by atoms with Crippen LogP contribution in [0.1, 0.15) is 0 Å². The molecule has 0 spiro atoms. The summed E-state index contributed by atoms with van der Waals surface area (Å²) in [4.78, 5) is 11.7. The zero-order valence-electron chi connectivity index (χ0n) is 16.7. The Bertz CT molecular complexity index is 1110. The molecule has 2 aromatic carbocycles. The van der Waals surface area contributed by atoms with E-state index in [0.717, 1.165) is 50.9 Å². The van der Waals surface area contributed by atoms with E-state index in [1.54, 1.807) is 0 Å². The first-order valence-electron chi connectivity index (χ1n) is 8.64. The van der Waals surface area contributed by atoms with E-state index in [1.807, 2.05) is 12.3 Å². The number of para-hydroxylation sites is 1. The maximum absolute atomic E-state index is 4.96. The van der Waals surface area contributed by atoms with E-state index < -0.39 is 14.2 Å². The average Bonchev–Trinajstić information content (AvgIpc) is 3.02. The fraction of sp³-hybridized carbons (Fsp3) is 0.190. The summed E-state index contributed by atoms with van der Waals surface area (Å²) in [6, 6.07) is 16.6. The monoisotopic (exact) mass is 709 g/mol. The van der Waals surface area contributed by atoms with Crippen LogP contribution in [0.15, 0.2) is 59.2 Å². The normalized spacial score (nSPS) is 11.2. The molecule has 0 amide bonds. The molecule has 0 atom stereocenters. The van der Waals surface area contributed by atoms with Gasteiger partial charge in [0.2, 0.25) is 0 Å². The topological polar surface area (TPSA) is 34.0 Å². The number of benzene rings is 2. The van der Waals surface area contributed by atoms with Gasteiger partial charge in [-0.1, -0.05) is 34.1 Å². The van der Waals surface area contributed by atoms with Crippen molar-refractivity contribution in [2.45, 2.75) is 6.54 Å². The van der Waals surface area contributed by atoms with Crippen molar-refractivity contribution >= 4 is 66.1 Å². The third-order valence-electron chi connectivity index (χ3n) is 4.35. The second kappa shape index (κ2) is 11.8. The zero-order valence-corrected chi connectivity index (χ0v) is 22.9. The van der Waals surface area contributed by atoms with Crippen LogP contribution in [0.5, 0.6) is 0 Å². The maximum atomic E-state index is 4.96. The van der Waals surface area contributed by atoms with Crippen molar-refractivity contribution in [1.82, 2.24) is 19.4 Å². The summed E-state index contributed by atoms with van der Waals surface area (Å²) in [5.74, 6) is 0.972. The van der Waals surface area contributed by atoms with Crippen LogP contribution >= 0.6 is 44.2 Å². The van der Waals surface area contributed by atoms with Crippen LogP contribution < -0.4 is 0 Å². The van der Waals surface area contributed by atoms with E-state index in [9.17, 15) is 0 Å². The van der Waals surface area contributed by atoms with Gasteiger partial charge in [-0.3, -0.25) is 4.98 Å². The van der Waals surface area contributed by atoms with Crippen LogP contribution in [0.25, 0.3) is 33.3 Å². The van der Waals surface area contributed by atoms with E-state index in [-0.39, 0.29) is 7.43 Å². The molecule has 4 nitrogen and oxygen atoms in total. The van der Waals surface area contributed by atoms with Gasteiger partial charge in [-0.25, -0.2) is 4.98 Å². The minimum absolute atomic E-state index is 0. The van der Waals surface area contributed by atoms with Crippen LogP contribution in [0.3, 0.4) is 0 Å². The molecule has 0 bridgehead atoms. The van der Waals surface area contributed by atoms with Crippen molar-refractivity contribution in [3.8, 4) is 11.4 Å². The van der Waals surface area contributed by atoms with Crippen molar-refractivity contribution in [1.29, 1.82) is 0 Å². The molecule has 0 N–H and O–H groups in total. The molecule has 165 valence electrons. The molecule has 0 fully saturated rings. The standard InChI is InChI=1S/C20H19BrN4.CH3.3ClH.Pt/c1-24(2)11-12-25-18-9-8-15(21)13-17(18)23-20(25)16-7-3-5-14-6-4-10-22-19(14)16;;;;;/h3-10,13H,11-12H2,1-2H3;1H3;3*1H;/q;-1;;;;+3/p-3. The molecule has 2 heterocycles. The average molecular weight is 712 g/mol. The van der Waals surface area contributed by atoms with Crippen LogP contribution in [0, 0.1) is 7.43 Å². The number of hydrogen-bond donors (Lipinski definition) is 0. The van der Waals surface area contributed by atoms with Gasteiger partial charge in [-0.2, -0.15) is 0 Å². The molecular weight excluding hydrogens is 690 g/mol. The van der Waals surface area contributed by atoms with Gasteiger partial charge in [0.15, 0.2) is 0 Å². The summed E-state index contributed by atoms with van der Waals surface area (Å²) in [7, 11) is 19.1. The first-order valence-corrected chi connectivity index (χ1v) is 17.9. The van der Waals surface area contributed by atoms with Gasteiger partial charge in [0.05, 0.1) is 16.6 Å². The van der Waals surface area contributed by atoms with Crippen molar-refractivity contribution in [3.05, 3.63) is 66.6 Å². The molecule has 4 rings (SSSR count). The molecule has 0 radical (unpaired) electrons. The second-order valence-corrected chi connectivity index (χ2v) is 17.3. The summed E-state index contributed by atoms with van der Waals surface area (Å²) in [5.41, 5.74) is 4.21. The Morgan fingerprint density at radius 2 is 1.77 bits per heavy atom. The third kappa shape index (κ3) is 6.41. The fourth-order valence-corrected chi connectivity index (χ4v) is 3.47. The van der Waals surface area contributed by atoms with Crippen molar-refractivity contribution in [2.24, 2.45) is 0 Å². The minimum atomic E-state index is -1.85. The van der Waals surface area contributed by atoms with Crippen LogP contribution in [0.4, 0.5) is 0 Å². The molecule has 0 unspecified atom stereocenters. The van der Waals surface area contributed by atoms with Crippen molar-refractivity contribution in [3.63, 3.8) is 0 Å². The zero-order chi connectivity index (χ0) is 21.0. The van der Waals surface area contributed by atoms with Gasteiger partial charge in [-0.15, -0.1) is 0 Å². The Morgan fingerprint density at radius 3 is 2.47 bits per heavy atom. The molecule has 30 heavy (non-hydrogen) atoms. The summed E-state index contributed by atoms with van der Waals surface area (Å²) >= 11 is 1.70. The summed E-state index contributed by atoms with van der Waals surface area (Å²) in [6.45, 7) is 1.83. The number of imidazole rings is 1. The van der Waals surface area contributed by atoms with E-state index >= 15 is 0 Å². The number of nitrogens with zero attached hydrogens (tertiary/aromatic N) is 4. The predicted molar refractivity (Wildman–Crippen MR) is 131 cm³/mol. The number of likely N-dealkylation sites (N-methyl/N-ethyl adjacent to an activating group) is 1. The van der Waals surface area contributed by atoms with Gasteiger partial charge in [0.1, 0.15) is 5.82 Å². The third-order valence-corrected chi connectivity index (χ3v) is 4.85. The number of halogens is 4. The molecule has 0 aliphatic rings. The Labute approximate surface area is 203 Å². The molecule has 0 aliphatic heterocycles. The summed E-state index contributed by atoms with van der Waals surface area (Å²) in [5, 5.41) is 1.13. The Balaban J connectivity index is 0.000000591. The van der Waals surface area contributed by atoms with E-state index in [1.165, 1.54) is 0 Å². The fourth-order valence-electron chi connectivity index (χ4n) is 3.12. The SMILES string of the molecule is CN(C)CCn1c(-c2cccc3cccnc23)nc2cc(Br)ccc21.[CH3-].[Cl][Pt]([Cl])[Cl]. The van der Waals surface area contributed by atoms with Gasteiger partial charge in [-0.05, 0) is 44.4 Å². The molecule has 9 heteroatoms. The molecule has 4 aromatic rings. The second-order valence-electron chi connectivity index (χ2n) is 6.54. The molecular formula is C21H22BrCl3N4Pt-. The number of rotatable bonds is 4. The van der Waals surface area contributed by atoms with E-state index in [4.69, 9.17) is 33.2 Å². The van der Waals surface area contributed by atoms with E-state index in [0.29, 0.717) is 0 Å². The van der Waals surface area contributed by atoms with Gasteiger partial charge in [0, 0.05) is 34.7 Å².